The molecule has 2 aromatic carbocycles. The van der Waals surface area contributed by atoms with E-state index in [9.17, 15) is 9.59 Å². The van der Waals surface area contributed by atoms with Crippen LogP contribution in [-0.4, -0.2) is 26.1 Å². The number of rotatable bonds is 4. The maximum atomic E-state index is 12.4. The number of benzene rings is 2. The summed E-state index contributed by atoms with van der Waals surface area (Å²) >= 11 is 5.88. The predicted octanol–water partition coefficient (Wildman–Crippen LogP) is 2.35. The highest BCUT2D eigenvalue weighted by Crippen LogP contribution is 2.14. The van der Waals surface area contributed by atoms with Crippen molar-refractivity contribution >= 4 is 28.5 Å². The SMILES string of the molecule is O=C(NCc1nnnn1-c1ccc(Cl)cc1)c1cc(=O)c2ccccc2o1. The Bertz CT molecular complexity index is 1180. The van der Waals surface area contributed by atoms with Crippen LogP contribution in [0.25, 0.3) is 16.7 Å². The van der Waals surface area contributed by atoms with E-state index in [0.29, 0.717) is 27.5 Å². The Hall–Kier alpha value is -3.52. The Labute approximate surface area is 157 Å². The number of aromatic nitrogens is 4. The zero-order valence-corrected chi connectivity index (χ0v) is 14.6. The van der Waals surface area contributed by atoms with Gasteiger partial charge in [0, 0.05) is 11.1 Å². The van der Waals surface area contributed by atoms with E-state index >= 15 is 0 Å². The molecular weight excluding hydrogens is 370 g/mol. The van der Waals surface area contributed by atoms with Gasteiger partial charge in [-0.25, -0.2) is 0 Å². The maximum Gasteiger partial charge on any atom is 0.287 e. The largest absolute Gasteiger partial charge is 0.451 e. The number of halogens is 1. The summed E-state index contributed by atoms with van der Waals surface area (Å²) in [5.41, 5.74) is 0.764. The van der Waals surface area contributed by atoms with Crippen molar-refractivity contribution in [2.75, 3.05) is 0 Å². The molecule has 0 aliphatic carbocycles. The van der Waals surface area contributed by atoms with E-state index in [-0.39, 0.29) is 17.7 Å². The molecule has 0 bridgehead atoms. The van der Waals surface area contributed by atoms with Gasteiger partial charge in [0.25, 0.3) is 5.91 Å². The number of fused-ring (bicyclic) bond motifs is 1. The first-order valence-corrected chi connectivity index (χ1v) is 8.34. The van der Waals surface area contributed by atoms with E-state index in [1.165, 1.54) is 10.7 Å². The molecule has 9 heteroatoms. The number of carbonyl (C=O) groups excluding carboxylic acids is 1. The highest BCUT2D eigenvalue weighted by Gasteiger charge is 2.14. The van der Waals surface area contributed by atoms with Gasteiger partial charge in [-0.3, -0.25) is 9.59 Å². The summed E-state index contributed by atoms with van der Waals surface area (Å²) in [7, 11) is 0. The molecule has 0 radical (unpaired) electrons. The van der Waals surface area contributed by atoms with Gasteiger partial charge in [0.2, 0.25) is 0 Å². The zero-order valence-electron chi connectivity index (χ0n) is 13.8. The molecule has 1 N–H and O–H groups in total. The van der Waals surface area contributed by atoms with Gasteiger partial charge in [0.05, 0.1) is 17.6 Å². The Morgan fingerprint density at radius 1 is 1.15 bits per heavy atom. The molecule has 0 unspecified atom stereocenters. The lowest BCUT2D eigenvalue weighted by Crippen LogP contribution is -2.25. The van der Waals surface area contributed by atoms with E-state index in [0.717, 1.165) is 0 Å². The number of amides is 1. The molecule has 4 rings (SSSR count). The average Bonchev–Trinajstić information content (AvgIpc) is 3.15. The van der Waals surface area contributed by atoms with Crippen LogP contribution in [0.3, 0.4) is 0 Å². The molecule has 1 amide bonds. The summed E-state index contributed by atoms with van der Waals surface area (Å²) < 4.78 is 7.00. The molecule has 0 spiro atoms. The van der Waals surface area contributed by atoms with Gasteiger partial charge in [-0.1, -0.05) is 23.7 Å². The van der Waals surface area contributed by atoms with Crippen molar-refractivity contribution in [1.82, 2.24) is 25.5 Å². The monoisotopic (exact) mass is 381 g/mol. The van der Waals surface area contributed by atoms with Crippen LogP contribution in [0.2, 0.25) is 5.02 Å². The molecule has 0 saturated carbocycles. The first-order chi connectivity index (χ1) is 13.1. The van der Waals surface area contributed by atoms with Crippen LogP contribution in [0.4, 0.5) is 0 Å². The number of nitrogens with one attached hydrogen (secondary N) is 1. The molecular formula is C18H12ClN5O3. The number of nitrogens with zero attached hydrogens (tertiary/aromatic N) is 4. The van der Waals surface area contributed by atoms with Gasteiger partial charge in [0.15, 0.2) is 17.0 Å². The van der Waals surface area contributed by atoms with Crippen molar-refractivity contribution in [3.63, 3.8) is 0 Å². The van der Waals surface area contributed by atoms with Gasteiger partial charge in [0.1, 0.15) is 5.58 Å². The maximum absolute atomic E-state index is 12.4. The molecule has 2 heterocycles. The molecule has 0 atom stereocenters. The molecule has 2 aromatic heterocycles. The van der Waals surface area contributed by atoms with Crippen LogP contribution in [0, 0.1) is 0 Å². The van der Waals surface area contributed by atoms with E-state index in [2.05, 4.69) is 20.8 Å². The molecule has 0 fully saturated rings. The standard InChI is InChI=1S/C18H12ClN5O3/c19-11-5-7-12(8-6-11)24-17(21-22-23-24)10-20-18(26)16-9-14(25)13-3-1-2-4-15(13)27-16/h1-9H,10H2,(H,20,26). The third kappa shape index (κ3) is 3.42. The van der Waals surface area contributed by atoms with Crippen molar-refractivity contribution in [3.05, 3.63) is 81.4 Å². The normalized spacial score (nSPS) is 10.9. The van der Waals surface area contributed by atoms with Crippen molar-refractivity contribution in [2.24, 2.45) is 0 Å². The Kier molecular flexibility index (Phi) is 4.39. The summed E-state index contributed by atoms with van der Waals surface area (Å²) in [5.74, 6) is -0.207. The summed E-state index contributed by atoms with van der Waals surface area (Å²) in [6.45, 7) is 0.0466. The van der Waals surface area contributed by atoms with Crippen LogP contribution < -0.4 is 10.7 Å². The van der Waals surface area contributed by atoms with Crippen LogP contribution in [0.5, 0.6) is 0 Å². The Balaban J connectivity index is 1.55. The van der Waals surface area contributed by atoms with Gasteiger partial charge in [-0.2, -0.15) is 4.68 Å². The highest BCUT2D eigenvalue weighted by molar-refractivity contribution is 6.30. The van der Waals surface area contributed by atoms with Crippen LogP contribution in [0.15, 0.2) is 63.8 Å². The minimum atomic E-state index is -0.538. The summed E-state index contributed by atoms with van der Waals surface area (Å²) in [6, 6.07) is 14.8. The molecule has 27 heavy (non-hydrogen) atoms. The molecule has 0 aliphatic heterocycles. The zero-order chi connectivity index (χ0) is 18.8. The smallest absolute Gasteiger partial charge is 0.287 e. The van der Waals surface area contributed by atoms with Crippen LogP contribution in [-0.2, 0) is 6.54 Å². The van der Waals surface area contributed by atoms with Crippen LogP contribution >= 0.6 is 11.6 Å². The second-order valence-electron chi connectivity index (χ2n) is 5.64. The number of carbonyl (C=O) groups is 1. The number of hydrogen-bond donors (Lipinski definition) is 1. The fourth-order valence-electron chi connectivity index (χ4n) is 2.56. The lowest BCUT2D eigenvalue weighted by molar-refractivity contribution is 0.0922. The van der Waals surface area contributed by atoms with Crippen molar-refractivity contribution in [1.29, 1.82) is 0 Å². The fraction of sp³-hybridized carbons (Fsp3) is 0.0556. The number of para-hydroxylation sites is 1. The minimum absolute atomic E-state index is 0.0466. The predicted molar refractivity (Wildman–Crippen MR) is 97.8 cm³/mol. The average molecular weight is 382 g/mol. The van der Waals surface area contributed by atoms with E-state index < -0.39 is 5.91 Å². The molecule has 134 valence electrons. The fourth-order valence-corrected chi connectivity index (χ4v) is 2.69. The Morgan fingerprint density at radius 3 is 2.74 bits per heavy atom. The number of hydrogen-bond acceptors (Lipinski definition) is 6. The summed E-state index contributed by atoms with van der Waals surface area (Å²) in [5, 5.41) is 15.1. The van der Waals surface area contributed by atoms with Crippen molar-refractivity contribution < 1.29 is 9.21 Å². The van der Waals surface area contributed by atoms with Gasteiger partial charge < -0.3 is 9.73 Å². The van der Waals surface area contributed by atoms with E-state index in [4.69, 9.17) is 16.0 Å². The second-order valence-corrected chi connectivity index (χ2v) is 6.07. The summed E-state index contributed by atoms with van der Waals surface area (Å²) in [4.78, 5) is 24.5. The van der Waals surface area contributed by atoms with Gasteiger partial charge in [-0.15, -0.1) is 5.10 Å². The number of tetrazole rings is 1. The van der Waals surface area contributed by atoms with Crippen molar-refractivity contribution in [2.45, 2.75) is 6.54 Å². The quantitative estimate of drug-likeness (QED) is 0.582. The molecule has 8 nitrogen and oxygen atoms in total. The molecule has 0 saturated heterocycles. The molecule has 0 aliphatic rings. The summed E-state index contributed by atoms with van der Waals surface area (Å²) in [6.07, 6.45) is 0. The molecule has 4 aromatic rings. The lowest BCUT2D eigenvalue weighted by atomic mass is 10.2. The topological polar surface area (TPSA) is 103 Å². The second kappa shape index (κ2) is 7.00. The van der Waals surface area contributed by atoms with Gasteiger partial charge in [-0.05, 0) is 46.8 Å². The van der Waals surface area contributed by atoms with Gasteiger partial charge >= 0.3 is 0 Å². The van der Waals surface area contributed by atoms with Crippen LogP contribution in [0.1, 0.15) is 16.4 Å². The highest BCUT2D eigenvalue weighted by atomic mass is 35.5. The third-order valence-electron chi connectivity index (χ3n) is 3.87. The lowest BCUT2D eigenvalue weighted by Gasteiger charge is -2.06. The first-order valence-electron chi connectivity index (χ1n) is 7.96. The van der Waals surface area contributed by atoms with Crippen molar-refractivity contribution in [3.8, 4) is 5.69 Å². The van der Waals surface area contributed by atoms with E-state index in [1.807, 2.05) is 0 Å². The third-order valence-corrected chi connectivity index (χ3v) is 4.12. The Morgan fingerprint density at radius 2 is 1.93 bits per heavy atom. The first kappa shape index (κ1) is 16.9. The minimum Gasteiger partial charge on any atom is -0.451 e. The van der Waals surface area contributed by atoms with E-state index in [1.54, 1.807) is 48.5 Å².